The van der Waals surface area contributed by atoms with Gasteiger partial charge in [-0.15, -0.1) is 0 Å². The Morgan fingerprint density at radius 1 is 0.600 bits per heavy atom. The van der Waals surface area contributed by atoms with Crippen LogP contribution < -0.4 is 0 Å². The molecule has 0 amide bonds. The molecule has 0 radical (unpaired) electrons. The lowest BCUT2D eigenvalue weighted by Gasteiger charge is -2.07. The molecule has 0 rings (SSSR count). The molecule has 0 saturated carbocycles. The first kappa shape index (κ1) is 45.8. The quantitative estimate of drug-likeness (QED) is 0.0206. The molecule has 0 fully saturated rings. The van der Waals surface area contributed by atoms with E-state index in [2.05, 4.69) is 53.9 Å². The average Bonchev–Trinajstić information content (AvgIpc) is 3.04. The molecule has 0 unspecified atom stereocenters. The van der Waals surface area contributed by atoms with Crippen molar-refractivity contribution in [1.82, 2.24) is 0 Å². The lowest BCUT2D eigenvalue weighted by molar-refractivity contribution is -0.140. The van der Waals surface area contributed by atoms with Crippen LogP contribution in [0.15, 0.2) is 45.8 Å². The number of isocyanates is 2. The molecule has 0 saturated heterocycles. The molecule has 0 aliphatic rings. The zero-order valence-corrected chi connectivity index (χ0v) is 28.8. The van der Waals surface area contributed by atoms with Crippen molar-refractivity contribution in [2.75, 3.05) is 6.61 Å². The third kappa shape index (κ3) is 31.6. The van der Waals surface area contributed by atoms with Crippen LogP contribution in [0.4, 0.5) is 0 Å². The summed E-state index contributed by atoms with van der Waals surface area (Å²) in [5.41, 5.74) is 2.47. The van der Waals surface area contributed by atoms with E-state index in [0.717, 1.165) is 56.6 Å². The van der Waals surface area contributed by atoms with Gasteiger partial charge in [0.1, 0.15) is 0 Å². The van der Waals surface area contributed by atoms with Crippen molar-refractivity contribution in [2.45, 2.75) is 151 Å². The molecule has 0 bridgehead atoms. The third-order valence-electron chi connectivity index (χ3n) is 6.63. The molecule has 45 heavy (non-hydrogen) atoms. The van der Waals surface area contributed by atoms with Crippen LogP contribution in [0, 0.1) is 0 Å². The van der Waals surface area contributed by atoms with Crippen LogP contribution in [0.25, 0.3) is 0 Å². The number of hydrogen-bond donors (Lipinski definition) is 0. The van der Waals surface area contributed by atoms with Crippen LogP contribution in [0.3, 0.4) is 0 Å². The highest BCUT2D eigenvalue weighted by Crippen LogP contribution is 2.18. The zero-order chi connectivity index (χ0) is 34.7. The SMILES string of the molecule is C=C(C)C(=O)OCCCCCC.C=C(CCCCCCCC)C(=O)ON=C=O.CCCCCCC(CC)=C(C)C(=O)ON=C=O. The van der Waals surface area contributed by atoms with Gasteiger partial charge in [0, 0.05) is 27.0 Å². The Morgan fingerprint density at radius 2 is 1.04 bits per heavy atom. The van der Waals surface area contributed by atoms with E-state index < -0.39 is 11.9 Å². The first-order valence-corrected chi connectivity index (χ1v) is 16.3. The summed E-state index contributed by atoms with van der Waals surface area (Å²) in [5, 5.41) is 5.58. The van der Waals surface area contributed by atoms with E-state index in [1.165, 1.54) is 63.9 Å². The van der Waals surface area contributed by atoms with Crippen molar-refractivity contribution in [3.63, 3.8) is 0 Å². The fourth-order valence-corrected chi connectivity index (χ4v) is 3.83. The highest BCUT2D eigenvalue weighted by Gasteiger charge is 2.11. The number of carbonyl (C=O) groups is 3. The maximum atomic E-state index is 11.4. The molecule has 0 atom stereocenters. The van der Waals surface area contributed by atoms with Crippen molar-refractivity contribution >= 4 is 30.1 Å². The van der Waals surface area contributed by atoms with Gasteiger partial charge >= 0.3 is 17.9 Å². The van der Waals surface area contributed by atoms with Crippen LogP contribution in [0.1, 0.15) is 151 Å². The van der Waals surface area contributed by atoms with E-state index in [9.17, 15) is 24.0 Å². The summed E-state index contributed by atoms with van der Waals surface area (Å²) in [5.74, 6) is -1.47. The lowest BCUT2D eigenvalue weighted by Crippen LogP contribution is -2.05. The monoisotopic (exact) mass is 634 g/mol. The van der Waals surface area contributed by atoms with Crippen LogP contribution in [-0.4, -0.2) is 36.7 Å². The van der Waals surface area contributed by atoms with Crippen LogP contribution in [-0.2, 0) is 38.4 Å². The van der Waals surface area contributed by atoms with Gasteiger partial charge in [-0.05, 0) is 52.4 Å². The minimum Gasteiger partial charge on any atom is -0.462 e. The van der Waals surface area contributed by atoms with Crippen molar-refractivity contribution in [3.8, 4) is 0 Å². The number of allylic oxidation sites excluding steroid dienone is 1. The summed E-state index contributed by atoms with van der Waals surface area (Å²) in [6.07, 6.45) is 20.7. The standard InChI is InChI=1S/C13H21NO3.C12H19NO3.C10H18O2/c1-4-6-7-8-9-12(5-2)11(3)13(16)17-14-10-15;1-3-4-5-6-7-8-9-11(2)12(15)16-13-10-14;1-4-5-6-7-8-12-10(11)9(2)3/h4-9H2,1-3H3;2-9H2,1H3;2,4-8H2,1,3H3. The highest BCUT2D eigenvalue weighted by molar-refractivity contribution is 5.89. The summed E-state index contributed by atoms with van der Waals surface area (Å²) >= 11 is 0. The minimum absolute atomic E-state index is 0.272. The van der Waals surface area contributed by atoms with Gasteiger partial charge in [0.05, 0.1) is 6.61 Å². The normalized spacial score (nSPS) is 10.2. The topological polar surface area (TPSA) is 138 Å². The number of esters is 1. The number of nitrogens with zero attached hydrogens (tertiary/aromatic N) is 2. The summed E-state index contributed by atoms with van der Waals surface area (Å²) in [6.45, 7) is 19.5. The van der Waals surface area contributed by atoms with E-state index in [4.69, 9.17) is 4.74 Å². The van der Waals surface area contributed by atoms with E-state index in [0.29, 0.717) is 29.7 Å². The summed E-state index contributed by atoms with van der Waals surface area (Å²) in [7, 11) is 0. The van der Waals surface area contributed by atoms with Gasteiger partial charge in [0.15, 0.2) is 0 Å². The van der Waals surface area contributed by atoms with Gasteiger partial charge in [-0.25, -0.2) is 24.0 Å². The maximum absolute atomic E-state index is 11.4. The van der Waals surface area contributed by atoms with Gasteiger partial charge in [0.2, 0.25) is 0 Å². The molecule has 10 heteroatoms. The number of unbranched alkanes of at least 4 members (excludes halogenated alkanes) is 11. The number of carbonyl (C=O) groups excluding carboxylic acids is 5. The molecule has 0 spiro atoms. The zero-order valence-electron chi connectivity index (χ0n) is 28.8. The molecule has 10 nitrogen and oxygen atoms in total. The summed E-state index contributed by atoms with van der Waals surface area (Å²) in [6, 6.07) is 0. The second-order valence-corrected chi connectivity index (χ2v) is 10.6. The minimum atomic E-state index is -0.642. The van der Waals surface area contributed by atoms with Gasteiger partial charge < -0.3 is 14.4 Å². The predicted octanol–water partition coefficient (Wildman–Crippen LogP) is 9.25. The van der Waals surface area contributed by atoms with E-state index in [1.54, 1.807) is 13.8 Å². The van der Waals surface area contributed by atoms with Crippen LogP contribution in [0.5, 0.6) is 0 Å². The Kier molecular flexibility index (Phi) is 35.5. The Bertz CT molecular complexity index is 974. The van der Waals surface area contributed by atoms with Crippen molar-refractivity contribution in [3.05, 3.63) is 35.5 Å². The van der Waals surface area contributed by atoms with Gasteiger partial charge in [-0.1, -0.05) is 117 Å². The first-order chi connectivity index (χ1) is 21.6. The molecule has 0 aromatic carbocycles. The molecular formula is C35H58N2O8. The van der Waals surface area contributed by atoms with Crippen molar-refractivity contribution in [2.24, 2.45) is 10.3 Å². The molecular weight excluding hydrogens is 576 g/mol. The van der Waals surface area contributed by atoms with Gasteiger partial charge in [-0.2, -0.15) is 0 Å². The second kappa shape index (κ2) is 34.9. The van der Waals surface area contributed by atoms with Gasteiger partial charge in [-0.3, -0.25) is 0 Å². The Balaban J connectivity index is -0.000000597. The van der Waals surface area contributed by atoms with Crippen LogP contribution >= 0.6 is 0 Å². The fraction of sp³-hybridized carbons (Fsp3) is 0.686. The van der Waals surface area contributed by atoms with Crippen molar-refractivity contribution in [1.29, 1.82) is 0 Å². The molecule has 0 aromatic rings. The smallest absolute Gasteiger partial charge is 0.362 e. The summed E-state index contributed by atoms with van der Waals surface area (Å²) in [4.78, 5) is 61.5. The average molecular weight is 635 g/mol. The fourth-order valence-electron chi connectivity index (χ4n) is 3.83. The lowest BCUT2D eigenvalue weighted by atomic mass is 10.00. The second-order valence-electron chi connectivity index (χ2n) is 10.6. The number of rotatable bonds is 23. The highest BCUT2D eigenvalue weighted by atomic mass is 16.7. The largest absolute Gasteiger partial charge is 0.462 e. The Morgan fingerprint density at radius 3 is 1.53 bits per heavy atom. The number of hydrogen-bond acceptors (Lipinski definition) is 10. The van der Waals surface area contributed by atoms with Crippen LogP contribution in [0.2, 0.25) is 0 Å². The van der Waals surface area contributed by atoms with E-state index >= 15 is 0 Å². The molecule has 0 aromatic heterocycles. The summed E-state index contributed by atoms with van der Waals surface area (Å²) < 4.78 is 4.91. The van der Waals surface area contributed by atoms with E-state index in [1.807, 2.05) is 6.92 Å². The first-order valence-electron chi connectivity index (χ1n) is 16.3. The maximum Gasteiger partial charge on any atom is 0.362 e. The Labute approximate surface area is 271 Å². The molecule has 0 N–H and O–H groups in total. The Hall–Kier alpha value is -3.61. The molecule has 0 heterocycles. The number of ether oxygens (including phenoxy) is 1. The molecule has 0 aliphatic carbocycles. The molecule has 256 valence electrons. The molecule has 0 aliphatic heterocycles. The predicted molar refractivity (Wildman–Crippen MR) is 177 cm³/mol. The van der Waals surface area contributed by atoms with E-state index in [-0.39, 0.29) is 5.97 Å². The third-order valence-corrected chi connectivity index (χ3v) is 6.63. The van der Waals surface area contributed by atoms with Gasteiger partial charge in [0.25, 0.3) is 12.2 Å². The van der Waals surface area contributed by atoms with Crippen molar-refractivity contribution < 1.29 is 38.4 Å².